The van der Waals surface area contributed by atoms with Gasteiger partial charge in [-0.1, -0.05) is 25.3 Å². The number of hydrogen-bond donors (Lipinski definition) is 2. The van der Waals surface area contributed by atoms with Gasteiger partial charge in [0.25, 0.3) is 0 Å². The summed E-state index contributed by atoms with van der Waals surface area (Å²) < 4.78 is 42.7. The van der Waals surface area contributed by atoms with E-state index in [1.54, 1.807) is 0 Å². The van der Waals surface area contributed by atoms with Gasteiger partial charge in [-0.25, -0.2) is 9.38 Å². The zero-order valence-electron chi connectivity index (χ0n) is 12.2. The maximum absolute atomic E-state index is 13.8. The summed E-state index contributed by atoms with van der Waals surface area (Å²) in [5, 5.41) is 3.09. The van der Waals surface area contributed by atoms with E-state index in [1.807, 2.05) is 0 Å². The van der Waals surface area contributed by atoms with Gasteiger partial charge >= 0.3 is 6.61 Å². The van der Waals surface area contributed by atoms with Crippen molar-refractivity contribution in [1.82, 2.24) is 5.32 Å². The number of hydrogen-bond acceptors (Lipinski definition) is 2. The minimum atomic E-state index is -3.01. The van der Waals surface area contributed by atoms with E-state index in [-0.39, 0.29) is 29.9 Å². The smallest absolute Gasteiger partial charge is 0.387 e. The second-order valence-corrected chi connectivity index (χ2v) is 5.28. The second kappa shape index (κ2) is 7.91. The highest BCUT2D eigenvalue weighted by atomic mass is 19.3. The summed E-state index contributed by atoms with van der Waals surface area (Å²) in [7, 11) is 0. The van der Waals surface area contributed by atoms with Gasteiger partial charge in [0.05, 0.1) is 12.1 Å². The fraction of sp³-hybridized carbons (Fsp3) is 0.533. The molecule has 1 aromatic carbocycles. The van der Waals surface area contributed by atoms with Crippen molar-refractivity contribution in [3.63, 3.8) is 0 Å². The lowest BCUT2D eigenvalue weighted by atomic mass is 9.96. The van der Waals surface area contributed by atoms with Gasteiger partial charge in [-0.05, 0) is 25.0 Å². The summed E-state index contributed by atoms with van der Waals surface area (Å²) in [6.45, 7) is -3.16. The monoisotopic (exact) mass is 315 g/mol. The largest absolute Gasteiger partial charge is 0.434 e. The van der Waals surface area contributed by atoms with Gasteiger partial charge in [0.15, 0.2) is 5.96 Å². The summed E-state index contributed by atoms with van der Waals surface area (Å²) in [4.78, 5) is 4.04. The standard InChI is InChI=1S/C15H20F3N3O/c16-12-7-4-8-13(22-14(17)18)11(12)9-20-15(19)21-10-5-2-1-3-6-10/h4,7-8,10,14H,1-3,5-6,9H2,(H3,19,20,21). The molecule has 22 heavy (non-hydrogen) atoms. The van der Waals surface area contributed by atoms with E-state index < -0.39 is 12.4 Å². The van der Waals surface area contributed by atoms with Crippen molar-refractivity contribution in [3.05, 3.63) is 29.6 Å². The summed E-state index contributed by atoms with van der Waals surface area (Å²) in [6.07, 6.45) is 5.55. The van der Waals surface area contributed by atoms with Crippen LogP contribution in [-0.2, 0) is 6.54 Å². The Balaban J connectivity index is 2.01. The first kappa shape index (κ1) is 16.5. The number of ether oxygens (including phenoxy) is 1. The van der Waals surface area contributed by atoms with Crippen LogP contribution in [0.4, 0.5) is 13.2 Å². The molecule has 7 heteroatoms. The summed E-state index contributed by atoms with van der Waals surface area (Å²) in [5.74, 6) is -0.672. The van der Waals surface area contributed by atoms with E-state index in [4.69, 9.17) is 5.73 Å². The third kappa shape index (κ3) is 4.82. The zero-order valence-corrected chi connectivity index (χ0v) is 12.2. The lowest BCUT2D eigenvalue weighted by Crippen LogP contribution is -2.41. The van der Waals surface area contributed by atoms with Gasteiger partial charge < -0.3 is 15.8 Å². The van der Waals surface area contributed by atoms with Crippen molar-refractivity contribution in [2.24, 2.45) is 10.7 Å². The molecule has 0 aliphatic heterocycles. The summed E-state index contributed by atoms with van der Waals surface area (Å²) in [6, 6.07) is 4.04. The van der Waals surface area contributed by atoms with Crippen LogP contribution in [-0.4, -0.2) is 18.6 Å². The fourth-order valence-corrected chi connectivity index (χ4v) is 2.56. The Labute approximate surface area is 127 Å². The molecule has 2 rings (SSSR count). The minimum absolute atomic E-state index is 0.0313. The van der Waals surface area contributed by atoms with Crippen molar-refractivity contribution in [1.29, 1.82) is 0 Å². The SMILES string of the molecule is NC(=NCc1c(F)cccc1OC(F)F)NC1CCCCC1. The third-order valence-corrected chi connectivity index (χ3v) is 3.66. The normalized spacial score (nSPS) is 16.8. The minimum Gasteiger partial charge on any atom is -0.434 e. The second-order valence-electron chi connectivity index (χ2n) is 5.28. The van der Waals surface area contributed by atoms with Crippen LogP contribution in [0.25, 0.3) is 0 Å². The topological polar surface area (TPSA) is 59.6 Å². The maximum atomic E-state index is 13.8. The third-order valence-electron chi connectivity index (χ3n) is 3.66. The predicted molar refractivity (Wildman–Crippen MR) is 78.4 cm³/mol. The molecule has 1 aromatic rings. The molecule has 0 saturated heterocycles. The summed E-state index contributed by atoms with van der Waals surface area (Å²) >= 11 is 0. The molecule has 0 unspecified atom stereocenters. The molecule has 1 aliphatic carbocycles. The average Bonchev–Trinajstić information content (AvgIpc) is 2.47. The van der Waals surface area contributed by atoms with Crippen LogP contribution < -0.4 is 15.8 Å². The Morgan fingerprint density at radius 3 is 2.73 bits per heavy atom. The van der Waals surface area contributed by atoms with Crippen LogP contribution in [0, 0.1) is 5.82 Å². The van der Waals surface area contributed by atoms with Crippen LogP contribution in [0.3, 0.4) is 0 Å². The van der Waals surface area contributed by atoms with E-state index in [1.165, 1.54) is 24.6 Å². The Kier molecular flexibility index (Phi) is 5.91. The van der Waals surface area contributed by atoms with Gasteiger partial charge in [-0.15, -0.1) is 0 Å². The molecule has 1 aliphatic rings. The number of nitrogens with one attached hydrogen (secondary N) is 1. The summed E-state index contributed by atoms with van der Waals surface area (Å²) in [5.41, 5.74) is 5.75. The van der Waals surface area contributed by atoms with Crippen LogP contribution in [0.5, 0.6) is 5.75 Å². The van der Waals surface area contributed by atoms with Crippen molar-refractivity contribution in [3.8, 4) is 5.75 Å². The highest BCUT2D eigenvalue weighted by Gasteiger charge is 2.15. The Hall–Kier alpha value is -1.92. The molecular weight excluding hydrogens is 295 g/mol. The molecule has 1 saturated carbocycles. The molecule has 0 heterocycles. The number of aliphatic imine (C=N–C) groups is 1. The number of alkyl halides is 2. The average molecular weight is 315 g/mol. The van der Waals surface area contributed by atoms with Gasteiger partial charge in [0, 0.05) is 6.04 Å². The quantitative estimate of drug-likeness (QED) is 0.648. The molecule has 0 atom stereocenters. The Morgan fingerprint density at radius 1 is 1.32 bits per heavy atom. The molecule has 3 N–H and O–H groups in total. The van der Waals surface area contributed by atoms with Gasteiger partial charge in [-0.3, -0.25) is 0 Å². The lowest BCUT2D eigenvalue weighted by Gasteiger charge is -2.23. The molecule has 0 bridgehead atoms. The Bertz CT molecular complexity index is 517. The first-order chi connectivity index (χ1) is 10.6. The number of benzene rings is 1. The molecule has 0 spiro atoms. The van der Waals surface area contributed by atoms with E-state index in [2.05, 4.69) is 15.0 Å². The van der Waals surface area contributed by atoms with Crippen LogP contribution in [0.2, 0.25) is 0 Å². The molecule has 0 radical (unpaired) electrons. The molecule has 1 fully saturated rings. The highest BCUT2D eigenvalue weighted by molar-refractivity contribution is 5.78. The van der Waals surface area contributed by atoms with Gasteiger partial charge in [0.1, 0.15) is 11.6 Å². The zero-order chi connectivity index (χ0) is 15.9. The highest BCUT2D eigenvalue weighted by Crippen LogP contribution is 2.24. The molecular formula is C15H20F3N3O. The van der Waals surface area contributed by atoms with E-state index >= 15 is 0 Å². The molecule has 0 amide bonds. The van der Waals surface area contributed by atoms with Crippen molar-refractivity contribution in [2.75, 3.05) is 0 Å². The predicted octanol–water partition coefficient (Wildman–Crippen LogP) is 3.16. The fourth-order valence-electron chi connectivity index (χ4n) is 2.56. The molecule has 0 aromatic heterocycles. The number of rotatable bonds is 5. The number of nitrogens with two attached hydrogens (primary N) is 1. The first-order valence-corrected chi connectivity index (χ1v) is 7.35. The van der Waals surface area contributed by atoms with E-state index in [0.29, 0.717) is 0 Å². The van der Waals surface area contributed by atoms with Gasteiger partial charge in [-0.2, -0.15) is 8.78 Å². The number of halogens is 3. The molecule has 4 nitrogen and oxygen atoms in total. The van der Waals surface area contributed by atoms with Crippen molar-refractivity contribution in [2.45, 2.75) is 51.3 Å². The van der Waals surface area contributed by atoms with E-state index in [9.17, 15) is 13.2 Å². The van der Waals surface area contributed by atoms with Gasteiger partial charge in [0.2, 0.25) is 0 Å². The molecule has 122 valence electrons. The van der Waals surface area contributed by atoms with Crippen LogP contribution in [0.1, 0.15) is 37.7 Å². The Morgan fingerprint density at radius 2 is 2.05 bits per heavy atom. The first-order valence-electron chi connectivity index (χ1n) is 7.35. The van der Waals surface area contributed by atoms with E-state index in [0.717, 1.165) is 25.7 Å². The van der Waals surface area contributed by atoms with Crippen LogP contribution >= 0.6 is 0 Å². The van der Waals surface area contributed by atoms with Crippen LogP contribution in [0.15, 0.2) is 23.2 Å². The van der Waals surface area contributed by atoms with Crippen molar-refractivity contribution < 1.29 is 17.9 Å². The number of guanidine groups is 1. The van der Waals surface area contributed by atoms with Crippen molar-refractivity contribution >= 4 is 5.96 Å². The number of nitrogens with zero attached hydrogens (tertiary/aromatic N) is 1. The maximum Gasteiger partial charge on any atom is 0.387 e. The lowest BCUT2D eigenvalue weighted by molar-refractivity contribution is -0.0506.